The Balaban J connectivity index is 1.31. The average molecular weight is 492 g/mol. The third-order valence-corrected chi connectivity index (χ3v) is 6.73. The van der Waals surface area contributed by atoms with E-state index in [0.29, 0.717) is 0 Å². The number of hydrogen-bond acceptors (Lipinski definition) is 5. The molecule has 6 rings (SSSR count). The maximum atomic E-state index is 13.4. The molecule has 0 unspecified atom stereocenters. The normalized spacial score (nSPS) is 14.9. The van der Waals surface area contributed by atoms with Gasteiger partial charge in [-0.3, -0.25) is 10.1 Å². The van der Waals surface area contributed by atoms with Crippen LogP contribution in [0.25, 0.3) is 51.6 Å². The summed E-state index contributed by atoms with van der Waals surface area (Å²) in [5.74, 6) is 0.588. The fourth-order valence-electron chi connectivity index (χ4n) is 4.59. The molecule has 4 N–H and O–H groups in total. The van der Waals surface area contributed by atoms with Gasteiger partial charge in [-0.05, 0) is 54.0 Å². The number of rotatable bonds is 5. The number of hydrogen-bond donors (Lipinski definition) is 3. The predicted octanol–water partition coefficient (Wildman–Crippen LogP) is 3.60. The average Bonchev–Trinajstić information content (AvgIpc) is 3.49. The smallest absolute Gasteiger partial charge is 0.147 e. The second-order valence-electron chi connectivity index (χ2n) is 9.37. The quantitative estimate of drug-likeness (QED) is 0.349. The Kier molecular flexibility index (Phi) is 5.65. The van der Waals surface area contributed by atoms with E-state index < -0.39 is 0 Å². The van der Waals surface area contributed by atoms with E-state index in [1.54, 1.807) is 24.5 Å². The highest BCUT2D eigenvalue weighted by molar-refractivity contribution is 5.98. The lowest BCUT2D eigenvalue weighted by Gasteiger charge is -2.37. The third kappa shape index (κ3) is 4.32. The molecule has 4 heterocycles. The minimum absolute atomic E-state index is 0.201. The van der Waals surface area contributed by atoms with Gasteiger partial charge in [-0.15, -0.1) is 0 Å². The van der Waals surface area contributed by atoms with Gasteiger partial charge in [0.05, 0.1) is 29.1 Å². The topological polar surface area (TPSA) is 99.5 Å². The van der Waals surface area contributed by atoms with Crippen LogP contribution in [-0.4, -0.2) is 44.3 Å². The minimum Gasteiger partial charge on any atom is -0.353 e. The zero-order chi connectivity index (χ0) is 25.5. The summed E-state index contributed by atoms with van der Waals surface area (Å²) in [4.78, 5) is 14.7. The van der Waals surface area contributed by atoms with Crippen molar-refractivity contribution in [3.63, 3.8) is 0 Å². The Labute approximate surface area is 212 Å². The summed E-state index contributed by atoms with van der Waals surface area (Å²) < 4.78 is 13.4. The Bertz CT molecular complexity index is 1740. The van der Waals surface area contributed by atoms with E-state index in [2.05, 4.69) is 37.7 Å². The summed E-state index contributed by atoms with van der Waals surface area (Å²) in [6.45, 7) is 7.87. The molecule has 0 bridgehead atoms. The number of halogens is 1. The fourth-order valence-corrected chi connectivity index (χ4v) is 4.59. The lowest BCUT2D eigenvalue weighted by Crippen LogP contribution is -2.56. The zero-order valence-electron chi connectivity index (χ0n) is 20.4. The molecule has 1 fully saturated rings. The molecule has 1 saturated heterocycles. The molecule has 1 aliphatic rings. The van der Waals surface area contributed by atoms with E-state index in [0.717, 1.165) is 74.2 Å². The van der Waals surface area contributed by atoms with E-state index >= 15 is 0 Å². The molecule has 0 aliphatic carbocycles. The number of aromatic nitrogens is 5. The molecule has 5 aromatic rings. The van der Waals surface area contributed by atoms with Crippen LogP contribution in [0, 0.1) is 5.82 Å². The van der Waals surface area contributed by atoms with Crippen molar-refractivity contribution in [2.45, 2.75) is 13.0 Å². The van der Waals surface area contributed by atoms with Crippen molar-refractivity contribution in [3.8, 4) is 22.5 Å². The van der Waals surface area contributed by atoms with Gasteiger partial charge in [0.1, 0.15) is 17.3 Å². The molecule has 0 saturated carbocycles. The molecule has 2 aromatic carbocycles. The number of anilines is 1. The van der Waals surface area contributed by atoms with Crippen molar-refractivity contribution in [1.82, 2.24) is 25.1 Å². The summed E-state index contributed by atoms with van der Waals surface area (Å²) in [5.41, 5.74) is 12.2. The van der Waals surface area contributed by atoms with Gasteiger partial charge in [-0.1, -0.05) is 36.9 Å². The Hall–Kier alpha value is -4.56. The number of nitrogens with zero attached hydrogens (tertiary/aromatic N) is 4. The molecule has 7 nitrogen and oxygen atoms in total. The molecule has 0 amide bonds. The van der Waals surface area contributed by atoms with Crippen LogP contribution >= 0.6 is 0 Å². The highest BCUT2D eigenvalue weighted by Gasteiger charge is 2.24. The fraction of sp³-hybridized carbons (Fsp3) is 0.138. The summed E-state index contributed by atoms with van der Waals surface area (Å²) in [7, 11) is 0. The summed E-state index contributed by atoms with van der Waals surface area (Å²) in [5, 5.41) is 10.3. The monoisotopic (exact) mass is 491 g/mol. The van der Waals surface area contributed by atoms with Gasteiger partial charge in [-0.25, -0.2) is 9.37 Å². The van der Waals surface area contributed by atoms with Crippen LogP contribution in [-0.2, 0) is 0 Å². The maximum absolute atomic E-state index is 13.4. The first-order chi connectivity index (χ1) is 18.0. The van der Waals surface area contributed by atoms with E-state index in [-0.39, 0.29) is 11.9 Å². The van der Waals surface area contributed by atoms with Gasteiger partial charge in [0.15, 0.2) is 0 Å². The molecule has 37 heavy (non-hydrogen) atoms. The summed E-state index contributed by atoms with van der Waals surface area (Å²) >= 11 is 0. The van der Waals surface area contributed by atoms with Crippen molar-refractivity contribution >= 4 is 34.9 Å². The maximum Gasteiger partial charge on any atom is 0.147 e. The first-order valence-electron chi connectivity index (χ1n) is 12.1. The number of allylic oxidation sites excluding steroid dienone is 2. The standard InChI is InChI=1S/C29H26FN7/c1-17(27-13-32-14-28(34-27)37-15-21(31)16-37)6-11-24-18(2)29(36-35-24)26-12-23-22(4-3-5-25(23)33-26)19-7-9-20(30)10-8-19/h3-14,21,33,35H,2,15-16,31H2,1H3/b17-6+,24-11+. The Morgan fingerprint density at radius 2 is 1.97 bits per heavy atom. The summed E-state index contributed by atoms with van der Waals surface area (Å²) in [6, 6.07) is 14.8. The zero-order valence-corrected chi connectivity index (χ0v) is 20.4. The molecule has 3 aromatic heterocycles. The number of aromatic amines is 2. The van der Waals surface area contributed by atoms with Crippen LogP contribution in [0.5, 0.6) is 0 Å². The minimum atomic E-state index is -0.252. The lowest BCUT2D eigenvalue weighted by atomic mass is 10.0. The second-order valence-corrected chi connectivity index (χ2v) is 9.37. The van der Waals surface area contributed by atoms with E-state index in [1.807, 2.05) is 37.3 Å². The van der Waals surface area contributed by atoms with Crippen LogP contribution in [0.15, 0.2) is 67.0 Å². The molecular weight excluding hydrogens is 465 g/mol. The molecule has 0 radical (unpaired) electrons. The number of nitrogens with one attached hydrogen (secondary N) is 2. The summed E-state index contributed by atoms with van der Waals surface area (Å²) in [6.07, 6.45) is 7.47. The second kappa shape index (κ2) is 9.15. The highest BCUT2D eigenvalue weighted by Crippen LogP contribution is 2.31. The van der Waals surface area contributed by atoms with Crippen LogP contribution in [0.3, 0.4) is 0 Å². The Morgan fingerprint density at radius 1 is 1.16 bits per heavy atom. The van der Waals surface area contributed by atoms with Crippen molar-refractivity contribution in [3.05, 3.63) is 89.1 Å². The first-order valence-corrected chi connectivity index (χ1v) is 12.1. The van der Waals surface area contributed by atoms with Gasteiger partial charge < -0.3 is 15.6 Å². The number of benzene rings is 2. The van der Waals surface area contributed by atoms with E-state index in [9.17, 15) is 4.39 Å². The largest absolute Gasteiger partial charge is 0.353 e. The molecule has 0 spiro atoms. The van der Waals surface area contributed by atoms with Crippen LogP contribution in [0.1, 0.15) is 12.6 Å². The van der Waals surface area contributed by atoms with E-state index in [4.69, 9.17) is 10.7 Å². The van der Waals surface area contributed by atoms with Crippen molar-refractivity contribution in [2.24, 2.45) is 5.73 Å². The Morgan fingerprint density at radius 3 is 2.76 bits per heavy atom. The molecule has 184 valence electrons. The predicted molar refractivity (Wildman–Crippen MR) is 146 cm³/mol. The first kappa shape index (κ1) is 22.9. The molecule has 8 heteroatoms. The van der Waals surface area contributed by atoms with Crippen molar-refractivity contribution < 1.29 is 4.39 Å². The van der Waals surface area contributed by atoms with Gasteiger partial charge in [0.25, 0.3) is 0 Å². The van der Waals surface area contributed by atoms with Crippen LogP contribution < -0.4 is 21.2 Å². The third-order valence-electron chi connectivity index (χ3n) is 6.73. The van der Waals surface area contributed by atoms with E-state index in [1.165, 1.54) is 12.1 Å². The van der Waals surface area contributed by atoms with Gasteiger partial charge in [-0.2, -0.15) is 5.10 Å². The van der Waals surface area contributed by atoms with Crippen molar-refractivity contribution in [2.75, 3.05) is 18.0 Å². The van der Waals surface area contributed by atoms with Gasteiger partial charge >= 0.3 is 0 Å². The SMILES string of the molecule is C=c1c(-c2cc3c(-c4ccc(F)cc4)cccc3[nH]2)n[nH]/c1=C/C=C(\C)c1cncc(N2CC(N)C2)n1. The van der Waals surface area contributed by atoms with Gasteiger partial charge in [0.2, 0.25) is 0 Å². The van der Waals surface area contributed by atoms with Gasteiger partial charge in [0, 0.05) is 35.3 Å². The number of fused-ring (bicyclic) bond motifs is 1. The number of H-pyrrole nitrogens is 2. The van der Waals surface area contributed by atoms with Crippen LogP contribution in [0.4, 0.5) is 10.2 Å². The molecular formula is C29H26FN7. The molecule has 0 atom stereocenters. The van der Waals surface area contributed by atoms with Crippen molar-refractivity contribution in [1.29, 1.82) is 0 Å². The number of nitrogens with two attached hydrogens (primary N) is 1. The lowest BCUT2D eigenvalue weighted by molar-refractivity contribution is 0.513. The van der Waals surface area contributed by atoms with Crippen LogP contribution in [0.2, 0.25) is 0 Å². The highest BCUT2D eigenvalue weighted by atomic mass is 19.1. The molecule has 1 aliphatic heterocycles.